The quantitative estimate of drug-likeness (QED) is 0.680. The van der Waals surface area contributed by atoms with Crippen LogP contribution in [0.5, 0.6) is 0 Å². The van der Waals surface area contributed by atoms with Crippen molar-refractivity contribution in [2.45, 2.75) is 38.0 Å². The molecule has 1 saturated heterocycles. The summed E-state index contributed by atoms with van der Waals surface area (Å²) >= 11 is 0. The first-order valence-electron chi connectivity index (χ1n) is 9.51. The van der Waals surface area contributed by atoms with Crippen molar-refractivity contribution in [1.82, 2.24) is 4.90 Å². The molecule has 2 aromatic rings. The molecular weight excluding hydrogens is 326 g/mol. The van der Waals surface area contributed by atoms with Crippen molar-refractivity contribution < 1.29 is 9.52 Å². The van der Waals surface area contributed by atoms with Crippen LogP contribution in [0.3, 0.4) is 0 Å². The third kappa shape index (κ3) is 3.73. The molecule has 1 fully saturated rings. The van der Waals surface area contributed by atoms with E-state index in [1.165, 1.54) is 17.5 Å². The van der Waals surface area contributed by atoms with E-state index in [4.69, 9.17) is 0 Å². The Morgan fingerprint density at radius 3 is 2.77 bits per heavy atom. The lowest BCUT2D eigenvalue weighted by atomic mass is 9.93. The molecule has 0 spiro atoms. The highest BCUT2D eigenvalue weighted by Gasteiger charge is 2.26. The number of benzene rings is 1. The predicted octanol–water partition coefficient (Wildman–Crippen LogP) is 2.63. The summed E-state index contributed by atoms with van der Waals surface area (Å²) in [5.41, 5.74) is 4.54. The maximum atomic E-state index is 12.4. The molecular formula is C21H25N3O2. The van der Waals surface area contributed by atoms with E-state index in [1.54, 1.807) is 12.3 Å². The van der Waals surface area contributed by atoms with E-state index in [2.05, 4.69) is 22.3 Å². The number of hydrogen-bond donors (Lipinski definition) is 1. The second-order valence-corrected chi connectivity index (χ2v) is 7.39. The first-order chi connectivity index (χ1) is 12.7. The number of nitrogens with zero attached hydrogens (tertiary/aromatic N) is 2. The minimum absolute atomic E-state index is 0.0417. The van der Waals surface area contributed by atoms with Gasteiger partial charge in [-0.3, -0.25) is 9.69 Å². The zero-order valence-electron chi connectivity index (χ0n) is 15.0. The summed E-state index contributed by atoms with van der Waals surface area (Å²) in [6.07, 6.45) is 6.88. The van der Waals surface area contributed by atoms with E-state index in [1.807, 2.05) is 18.2 Å². The lowest BCUT2D eigenvalue weighted by Gasteiger charge is -2.30. The molecule has 2 heterocycles. The van der Waals surface area contributed by atoms with Gasteiger partial charge in [0.15, 0.2) is 11.9 Å². The van der Waals surface area contributed by atoms with Crippen LogP contribution >= 0.6 is 0 Å². The Kier molecular flexibility index (Phi) is 4.89. The van der Waals surface area contributed by atoms with Crippen LogP contribution < -0.4 is 10.0 Å². The summed E-state index contributed by atoms with van der Waals surface area (Å²) in [5, 5.41) is 14.9. The Morgan fingerprint density at radius 2 is 1.96 bits per heavy atom. The van der Waals surface area contributed by atoms with Gasteiger partial charge in [-0.15, -0.1) is 0 Å². The molecule has 1 aromatic heterocycles. The number of pyridine rings is 1. The summed E-state index contributed by atoms with van der Waals surface area (Å²) in [5.74, 6) is 0.324. The molecule has 26 heavy (non-hydrogen) atoms. The van der Waals surface area contributed by atoms with E-state index >= 15 is 0 Å². The van der Waals surface area contributed by atoms with Crippen LogP contribution in [-0.4, -0.2) is 30.4 Å². The molecule has 1 aliphatic carbocycles. The van der Waals surface area contributed by atoms with E-state index in [0.29, 0.717) is 6.54 Å². The monoisotopic (exact) mass is 351 g/mol. The number of anilines is 1. The van der Waals surface area contributed by atoms with Crippen LogP contribution in [0.1, 0.15) is 42.0 Å². The molecule has 1 aromatic carbocycles. The van der Waals surface area contributed by atoms with Crippen molar-refractivity contribution >= 4 is 11.6 Å². The van der Waals surface area contributed by atoms with Gasteiger partial charge in [0.1, 0.15) is 0 Å². The Bertz CT molecular complexity index is 798. The Hall–Kier alpha value is -2.40. The molecule has 0 atom stereocenters. The van der Waals surface area contributed by atoms with E-state index in [-0.39, 0.29) is 11.8 Å². The Morgan fingerprint density at radius 1 is 1.15 bits per heavy atom. The highest BCUT2D eigenvalue weighted by Crippen LogP contribution is 2.26. The van der Waals surface area contributed by atoms with Crippen LogP contribution in [0, 0.1) is 5.21 Å². The summed E-state index contributed by atoms with van der Waals surface area (Å²) in [6, 6.07) is 11.9. The fraction of sp³-hybridized carbons (Fsp3) is 0.429. The van der Waals surface area contributed by atoms with Gasteiger partial charge in [0, 0.05) is 23.7 Å². The average Bonchev–Trinajstić information content (AvgIpc) is 3.11. The van der Waals surface area contributed by atoms with E-state index in [0.717, 1.165) is 54.9 Å². The smallest absolute Gasteiger partial charge is 0.238 e. The number of aryl methyl sites for hydroxylation is 2. The maximum Gasteiger partial charge on any atom is 0.238 e. The minimum atomic E-state index is 0.0417. The number of likely N-dealkylation sites (tertiary alicyclic amines) is 1. The summed E-state index contributed by atoms with van der Waals surface area (Å²) in [4.78, 5) is 14.6. The zero-order chi connectivity index (χ0) is 17.9. The molecule has 136 valence electrons. The molecule has 4 rings (SSSR count). The van der Waals surface area contributed by atoms with Crippen LogP contribution in [0.2, 0.25) is 0 Å². The topological polar surface area (TPSA) is 59.3 Å². The van der Waals surface area contributed by atoms with Crippen LogP contribution in [0.25, 0.3) is 0 Å². The van der Waals surface area contributed by atoms with Crippen molar-refractivity contribution in [3.8, 4) is 0 Å². The van der Waals surface area contributed by atoms with Gasteiger partial charge in [0.05, 0.1) is 6.54 Å². The largest absolute Gasteiger partial charge is 0.618 e. The first-order valence-corrected chi connectivity index (χ1v) is 9.51. The van der Waals surface area contributed by atoms with Crippen LogP contribution in [-0.2, 0) is 17.6 Å². The van der Waals surface area contributed by atoms with Gasteiger partial charge in [-0.1, -0.05) is 12.1 Å². The standard InChI is InChI=1S/C21H25N3O2/c25-21(22-19-8-7-16-4-3-5-18(16)14-19)15-23-12-9-17(10-13-23)20-6-1-2-11-24(20)26/h1-2,6-8,11,14,17H,3-5,9-10,12-13,15H2,(H,22,25). The van der Waals surface area contributed by atoms with Crippen molar-refractivity contribution in [3.05, 3.63) is 64.6 Å². The SMILES string of the molecule is O=C(CN1CCC(c2cccc[n+]2[O-])CC1)Nc1ccc2c(c1)CCC2. The number of fused-ring (bicyclic) bond motifs is 1. The van der Waals surface area contributed by atoms with E-state index < -0.39 is 0 Å². The summed E-state index contributed by atoms with van der Waals surface area (Å²) in [7, 11) is 0. The van der Waals surface area contributed by atoms with Gasteiger partial charge >= 0.3 is 0 Å². The number of carbonyl (C=O) groups excluding carboxylic acids is 1. The first kappa shape index (κ1) is 17.0. The van der Waals surface area contributed by atoms with Crippen molar-refractivity contribution in [2.75, 3.05) is 25.0 Å². The molecule has 5 heteroatoms. The van der Waals surface area contributed by atoms with Crippen molar-refractivity contribution in [2.24, 2.45) is 0 Å². The van der Waals surface area contributed by atoms with Crippen LogP contribution in [0.4, 0.5) is 5.69 Å². The molecule has 0 saturated carbocycles. The van der Waals surface area contributed by atoms with Gasteiger partial charge in [-0.25, -0.2) is 0 Å². The highest BCUT2D eigenvalue weighted by atomic mass is 16.5. The average molecular weight is 351 g/mol. The van der Waals surface area contributed by atoms with Gasteiger partial charge < -0.3 is 10.5 Å². The number of nitrogens with one attached hydrogen (secondary N) is 1. The van der Waals surface area contributed by atoms with Gasteiger partial charge in [0.25, 0.3) is 0 Å². The second kappa shape index (κ2) is 7.46. The number of piperidine rings is 1. The number of aromatic nitrogens is 1. The molecule has 1 N–H and O–H groups in total. The number of carbonyl (C=O) groups is 1. The lowest BCUT2D eigenvalue weighted by Crippen LogP contribution is -2.41. The van der Waals surface area contributed by atoms with E-state index in [9.17, 15) is 10.0 Å². The molecule has 0 unspecified atom stereocenters. The molecule has 1 aliphatic heterocycles. The molecule has 5 nitrogen and oxygen atoms in total. The van der Waals surface area contributed by atoms with Gasteiger partial charge in [-0.05, 0) is 68.5 Å². The Labute approximate surface area is 154 Å². The minimum Gasteiger partial charge on any atom is -0.618 e. The zero-order valence-corrected chi connectivity index (χ0v) is 15.0. The van der Waals surface area contributed by atoms with Gasteiger partial charge in [-0.2, -0.15) is 4.73 Å². The predicted molar refractivity (Wildman–Crippen MR) is 101 cm³/mol. The summed E-state index contributed by atoms with van der Waals surface area (Å²) < 4.78 is 0.973. The number of rotatable bonds is 4. The van der Waals surface area contributed by atoms with Crippen molar-refractivity contribution in [3.63, 3.8) is 0 Å². The molecule has 1 amide bonds. The Balaban J connectivity index is 1.29. The normalized spacial score (nSPS) is 17.8. The molecule has 0 radical (unpaired) electrons. The highest BCUT2D eigenvalue weighted by molar-refractivity contribution is 5.92. The summed E-state index contributed by atoms with van der Waals surface area (Å²) in [6.45, 7) is 2.10. The fourth-order valence-corrected chi connectivity index (χ4v) is 4.20. The fourth-order valence-electron chi connectivity index (χ4n) is 4.20. The second-order valence-electron chi connectivity index (χ2n) is 7.39. The number of hydrogen-bond acceptors (Lipinski definition) is 3. The van der Waals surface area contributed by atoms with Gasteiger partial charge in [0.2, 0.25) is 5.91 Å². The molecule has 0 bridgehead atoms. The van der Waals surface area contributed by atoms with Crippen molar-refractivity contribution in [1.29, 1.82) is 0 Å². The maximum absolute atomic E-state index is 12.4. The number of amides is 1. The van der Waals surface area contributed by atoms with Crippen LogP contribution in [0.15, 0.2) is 42.6 Å². The molecule has 2 aliphatic rings. The lowest BCUT2D eigenvalue weighted by molar-refractivity contribution is -0.616. The third-order valence-electron chi connectivity index (χ3n) is 5.61. The third-order valence-corrected chi connectivity index (χ3v) is 5.61.